The normalized spacial score (nSPS) is 18.4. The van der Waals surface area contributed by atoms with Crippen LogP contribution in [-0.2, 0) is 6.54 Å². The van der Waals surface area contributed by atoms with Gasteiger partial charge in [0.2, 0.25) is 5.78 Å². The van der Waals surface area contributed by atoms with E-state index in [1.807, 2.05) is 25.1 Å². The predicted molar refractivity (Wildman–Crippen MR) is 113 cm³/mol. The first-order valence-electron chi connectivity index (χ1n) is 10.1. The van der Waals surface area contributed by atoms with Crippen LogP contribution in [0.4, 0.5) is 5.82 Å². The van der Waals surface area contributed by atoms with Gasteiger partial charge in [-0.25, -0.2) is 4.79 Å². The summed E-state index contributed by atoms with van der Waals surface area (Å²) in [6.45, 7) is 3.10. The number of quaternary nitrogens is 1. The van der Waals surface area contributed by atoms with Gasteiger partial charge in [-0.15, -0.1) is 0 Å². The Bertz CT molecular complexity index is 1040. The van der Waals surface area contributed by atoms with Crippen molar-refractivity contribution in [2.75, 3.05) is 33.0 Å². The van der Waals surface area contributed by atoms with Gasteiger partial charge in [0, 0.05) is 19.4 Å². The Hall–Kier alpha value is -3.07. The van der Waals surface area contributed by atoms with Crippen molar-refractivity contribution < 1.29 is 19.2 Å². The van der Waals surface area contributed by atoms with Gasteiger partial charge in [-0.05, 0) is 24.6 Å². The molecule has 0 spiro atoms. The number of carbonyl (C=O) groups excluding carboxylic acids is 1. The molecule has 9 nitrogen and oxygen atoms in total. The number of hydrogen-bond acceptors (Lipinski definition) is 6. The third-order valence-corrected chi connectivity index (χ3v) is 5.65. The highest BCUT2D eigenvalue weighted by Crippen LogP contribution is 2.31. The number of aromatic nitrogens is 2. The summed E-state index contributed by atoms with van der Waals surface area (Å²) >= 11 is 0. The quantitative estimate of drug-likeness (QED) is 0.526. The molecule has 0 amide bonds. The van der Waals surface area contributed by atoms with Crippen molar-refractivity contribution in [1.82, 2.24) is 9.55 Å². The van der Waals surface area contributed by atoms with E-state index in [4.69, 9.17) is 15.2 Å². The highest BCUT2D eigenvalue weighted by molar-refractivity contribution is 6.00. The molecule has 2 atom stereocenters. The standard InChI is InChI=1S/C21H28N4O5/c1-4-9-25-19(22)18(20(27)23-21(25)28)16(26)12-24-10-5-6-15(24)14-11-13(29-2)7-8-17(14)30-3/h7-8,11,15H,4-6,9-10,12,22H2,1-3H3,(H,23,27,28)/p+1/t15-/m0/s1. The number of carbonyl (C=O) groups is 1. The zero-order valence-corrected chi connectivity index (χ0v) is 17.6. The van der Waals surface area contributed by atoms with Gasteiger partial charge in [-0.1, -0.05) is 6.92 Å². The summed E-state index contributed by atoms with van der Waals surface area (Å²) in [6, 6.07) is 5.65. The number of likely N-dealkylation sites (tertiary alicyclic amines) is 1. The second-order valence-electron chi connectivity index (χ2n) is 7.48. The number of ketones is 1. The number of ether oxygens (including phenoxy) is 2. The van der Waals surface area contributed by atoms with Crippen LogP contribution in [0.15, 0.2) is 27.8 Å². The minimum absolute atomic E-state index is 0.0286. The number of nitrogens with one attached hydrogen (secondary N) is 2. The van der Waals surface area contributed by atoms with Crippen LogP contribution in [0.25, 0.3) is 0 Å². The summed E-state index contributed by atoms with van der Waals surface area (Å²) in [7, 11) is 3.22. The van der Waals surface area contributed by atoms with Gasteiger partial charge in [-0.2, -0.15) is 0 Å². The number of nitrogens with two attached hydrogens (primary N) is 1. The fourth-order valence-corrected chi connectivity index (χ4v) is 4.21. The maximum atomic E-state index is 13.1. The Morgan fingerprint density at radius 2 is 2.07 bits per heavy atom. The molecule has 1 unspecified atom stereocenters. The molecule has 0 aliphatic carbocycles. The lowest BCUT2D eigenvalue weighted by Gasteiger charge is -2.23. The Morgan fingerprint density at radius 1 is 1.30 bits per heavy atom. The van der Waals surface area contributed by atoms with Gasteiger partial charge in [0.05, 0.1) is 26.3 Å². The molecule has 1 aliphatic rings. The lowest BCUT2D eigenvalue weighted by atomic mass is 10.0. The van der Waals surface area contributed by atoms with Gasteiger partial charge < -0.3 is 20.1 Å². The molecule has 162 valence electrons. The van der Waals surface area contributed by atoms with Crippen LogP contribution < -0.4 is 31.4 Å². The Balaban J connectivity index is 1.92. The Kier molecular flexibility index (Phi) is 6.61. The maximum Gasteiger partial charge on any atom is 0.329 e. The van der Waals surface area contributed by atoms with E-state index in [-0.39, 0.29) is 29.8 Å². The summed E-state index contributed by atoms with van der Waals surface area (Å²) in [5.41, 5.74) is 5.55. The zero-order chi connectivity index (χ0) is 21.8. The van der Waals surface area contributed by atoms with Crippen molar-refractivity contribution in [2.24, 2.45) is 0 Å². The molecule has 0 radical (unpaired) electrons. The molecule has 3 rings (SSSR count). The van der Waals surface area contributed by atoms with Crippen molar-refractivity contribution in [2.45, 2.75) is 38.8 Å². The van der Waals surface area contributed by atoms with Crippen molar-refractivity contribution in [3.63, 3.8) is 0 Å². The van der Waals surface area contributed by atoms with E-state index < -0.39 is 11.2 Å². The average Bonchev–Trinajstić information content (AvgIpc) is 3.18. The number of aromatic amines is 1. The molecule has 1 saturated heterocycles. The topological polar surface area (TPSA) is 121 Å². The van der Waals surface area contributed by atoms with Crippen LogP contribution in [-0.4, -0.2) is 42.6 Å². The van der Waals surface area contributed by atoms with Gasteiger partial charge in [0.1, 0.15) is 35.5 Å². The molecular weight excluding hydrogens is 388 g/mol. The molecule has 1 fully saturated rings. The van der Waals surface area contributed by atoms with Crippen LogP contribution >= 0.6 is 0 Å². The molecule has 0 saturated carbocycles. The third kappa shape index (κ3) is 4.11. The Morgan fingerprint density at radius 3 is 2.73 bits per heavy atom. The maximum absolute atomic E-state index is 13.1. The minimum Gasteiger partial charge on any atom is -0.497 e. The van der Waals surface area contributed by atoms with Crippen LogP contribution in [0.5, 0.6) is 11.5 Å². The smallest absolute Gasteiger partial charge is 0.329 e. The number of nitrogens with zero attached hydrogens (tertiary/aromatic N) is 1. The van der Waals surface area contributed by atoms with E-state index in [1.54, 1.807) is 14.2 Å². The lowest BCUT2D eigenvalue weighted by Crippen LogP contribution is -3.11. The number of H-pyrrole nitrogens is 1. The van der Waals surface area contributed by atoms with Crippen molar-refractivity contribution in [3.05, 3.63) is 50.2 Å². The third-order valence-electron chi connectivity index (χ3n) is 5.65. The van der Waals surface area contributed by atoms with Crippen LogP contribution in [0.1, 0.15) is 48.1 Å². The minimum atomic E-state index is -0.732. The summed E-state index contributed by atoms with van der Waals surface area (Å²) in [5, 5.41) is 0. The first-order chi connectivity index (χ1) is 14.4. The van der Waals surface area contributed by atoms with E-state index in [9.17, 15) is 14.4 Å². The molecule has 4 N–H and O–H groups in total. The SMILES string of the molecule is CCCn1c(N)c(C(=O)C[NH+]2CCC[C@H]2c2cc(OC)ccc2OC)c(=O)[nH]c1=O. The molecular formula is C21H29N4O5+. The largest absolute Gasteiger partial charge is 0.497 e. The molecule has 2 aromatic rings. The van der Waals surface area contributed by atoms with E-state index in [0.717, 1.165) is 41.3 Å². The summed E-state index contributed by atoms with van der Waals surface area (Å²) in [5.74, 6) is 1.02. The number of nitrogen functional groups attached to an aromatic ring is 1. The molecule has 2 heterocycles. The molecule has 1 aliphatic heterocycles. The number of rotatable bonds is 8. The van der Waals surface area contributed by atoms with Crippen LogP contribution in [0.2, 0.25) is 0 Å². The van der Waals surface area contributed by atoms with Gasteiger partial charge >= 0.3 is 5.69 Å². The molecule has 1 aromatic carbocycles. The first kappa shape index (κ1) is 21.6. The number of anilines is 1. The van der Waals surface area contributed by atoms with E-state index >= 15 is 0 Å². The van der Waals surface area contributed by atoms with Crippen molar-refractivity contribution >= 4 is 11.6 Å². The van der Waals surface area contributed by atoms with Gasteiger partial charge in [0.25, 0.3) is 5.56 Å². The predicted octanol–water partition coefficient (Wildman–Crippen LogP) is 0.149. The second-order valence-corrected chi connectivity index (χ2v) is 7.48. The summed E-state index contributed by atoms with van der Waals surface area (Å²) in [6.07, 6.45) is 2.47. The van der Waals surface area contributed by atoms with Crippen LogP contribution in [0, 0.1) is 0 Å². The lowest BCUT2D eigenvalue weighted by molar-refractivity contribution is -0.910. The zero-order valence-electron chi connectivity index (χ0n) is 17.6. The van der Waals surface area contributed by atoms with E-state index in [1.165, 1.54) is 4.57 Å². The van der Waals surface area contributed by atoms with E-state index in [0.29, 0.717) is 13.0 Å². The fourth-order valence-electron chi connectivity index (χ4n) is 4.21. The molecule has 1 aromatic heterocycles. The van der Waals surface area contributed by atoms with Crippen molar-refractivity contribution in [3.8, 4) is 11.5 Å². The van der Waals surface area contributed by atoms with Gasteiger partial charge in [0.15, 0.2) is 0 Å². The average molecular weight is 417 g/mol. The number of benzene rings is 1. The highest BCUT2D eigenvalue weighted by atomic mass is 16.5. The monoisotopic (exact) mass is 417 g/mol. The number of Topliss-reactive ketones (excluding diaryl/α,β-unsaturated/α-hetero) is 1. The van der Waals surface area contributed by atoms with E-state index in [2.05, 4.69) is 4.98 Å². The summed E-state index contributed by atoms with van der Waals surface area (Å²) in [4.78, 5) is 40.7. The molecule has 0 bridgehead atoms. The molecule has 30 heavy (non-hydrogen) atoms. The number of methoxy groups -OCH3 is 2. The second kappa shape index (κ2) is 9.17. The summed E-state index contributed by atoms with van der Waals surface area (Å²) < 4.78 is 12.1. The highest BCUT2D eigenvalue weighted by Gasteiger charge is 2.35. The van der Waals surface area contributed by atoms with Crippen molar-refractivity contribution in [1.29, 1.82) is 0 Å². The van der Waals surface area contributed by atoms with Gasteiger partial charge in [-0.3, -0.25) is 19.1 Å². The number of hydrogen-bond donors (Lipinski definition) is 3. The van der Waals surface area contributed by atoms with Crippen LogP contribution in [0.3, 0.4) is 0 Å². The Labute approximate surface area is 174 Å². The first-order valence-corrected chi connectivity index (χ1v) is 10.1. The molecule has 9 heteroatoms. The fraction of sp³-hybridized carbons (Fsp3) is 0.476.